The predicted molar refractivity (Wildman–Crippen MR) is 69.8 cm³/mol. The molecule has 4 nitrogen and oxygen atoms in total. The number of aromatic amines is 1. The van der Waals surface area contributed by atoms with E-state index in [1.54, 1.807) is 0 Å². The number of aromatic nitrogens is 2. The fourth-order valence-corrected chi connectivity index (χ4v) is 2.19. The fourth-order valence-electron chi connectivity index (χ4n) is 2.19. The molecule has 98 valence electrons. The van der Waals surface area contributed by atoms with Gasteiger partial charge in [0.25, 0.3) is 0 Å². The summed E-state index contributed by atoms with van der Waals surface area (Å²) in [5.41, 5.74) is 2.35. The zero-order valence-electron chi connectivity index (χ0n) is 11.2. The van der Waals surface area contributed by atoms with E-state index in [-0.39, 0.29) is 6.61 Å². The van der Waals surface area contributed by atoms with Gasteiger partial charge in [-0.15, -0.1) is 0 Å². The summed E-state index contributed by atoms with van der Waals surface area (Å²) in [4.78, 5) is 0. The molecule has 0 saturated carbocycles. The number of hydrogen-bond donors (Lipinski definition) is 3. The molecule has 3 N–H and O–H groups in total. The second kappa shape index (κ2) is 7.45. The molecule has 0 bridgehead atoms. The van der Waals surface area contributed by atoms with Crippen molar-refractivity contribution in [2.75, 3.05) is 13.2 Å². The van der Waals surface area contributed by atoms with Crippen LogP contribution >= 0.6 is 0 Å². The van der Waals surface area contributed by atoms with E-state index >= 15 is 0 Å². The molecule has 0 spiro atoms. The Hall–Kier alpha value is -0.870. The van der Waals surface area contributed by atoms with Gasteiger partial charge in [-0.3, -0.25) is 5.10 Å². The molecule has 1 aromatic rings. The van der Waals surface area contributed by atoms with Crippen LogP contribution in [0, 0.1) is 12.8 Å². The van der Waals surface area contributed by atoms with Crippen molar-refractivity contribution in [2.24, 2.45) is 5.92 Å². The number of aliphatic hydroxyl groups excluding tert-OH is 1. The minimum atomic E-state index is 0.283. The van der Waals surface area contributed by atoms with Gasteiger partial charge in [-0.1, -0.05) is 13.3 Å². The Morgan fingerprint density at radius 3 is 2.76 bits per heavy atom. The molecule has 0 amide bonds. The van der Waals surface area contributed by atoms with Crippen LogP contribution in [0.1, 0.15) is 50.4 Å². The highest BCUT2D eigenvalue weighted by Gasteiger charge is 2.12. The molecule has 1 rings (SSSR count). The van der Waals surface area contributed by atoms with Crippen LogP contribution in [0.2, 0.25) is 0 Å². The lowest BCUT2D eigenvalue weighted by Crippen LogP contribution is -2.26. The molecule has 0 aromatic carbocycles. The number of nitrogens with zero attached hydrogens (tertiary/aromatic N) is 1. The van der Waals surface area contributed by atoms with Gasteiger partial charge in [-0.25, -0.2) is 0 Å². The smallest absolute Gasteiger partial charge is 0.0537 e. The molecular formula is C13H25N3O. The molecule has 0 aliphatic rings. The molecule has 1 aromatic heterocycles. The summed E-state index contributed by atoms with van der Waals surface area (Å²) in [6, 6.07) is 0.312. The molecular weight excluding hydrogens is 214 g/mol. The quantitative estimate of drug-likeness (QED) is 0.651. The lowest BCUT2D eigenvalue weighted by atomic mass is 9.99. The van der Waals surface area contributed by atoms with Crippen LogP contribution in [0.25, 0.3) is 0 Å². The van der Waals surface area contributed by atoms with Gasteiger partial charge in [0.15, 0.2) is 0 Å². The molecule has 17 heavy (non-hydrogen) atoms. The second-order valence-corrected chi connectivity index (χ2v) is 4.75. The fraction of sp³-hybridized carbons (Fsp3) is 0.769. The van der Waals surface area contributed by atoms with Crippen molar-refractivity contribution in [1.82, 2.24) is 15.5 Å². The number of aryl methyl sites for hydroxylation is 1. The van der Waals surface area contributed by atoms with Crippen LogP contribution in [-0.2, 0) is 0 Å². The Morgan fingerprint density at radius 2 is 2.24 bits per heavy atom. The van der Waals surface area contributed by atoms with Crippen molar-refractivity contribution in [3.05, 3.63) is 17.5 Å². The highest BCUT2D eigenvalue weighted by atomic mass is 16.3. The molecule has 0 aliphatic carbocycles. The number of hydrogen-bond acceptors (Lipinski definition) is 3. The van der Waals surface area contributed by atoms with Crippen LogP contribution < -0.4 is 5.32 Å². The number of rotatable bonds is 8. The van der Waals surface area contributed by atoms with Crippen molar-refractivity contribution in [3.63, 3.8) is 0 Å². The Bertz CT molecular complexity index is 305. The standard InChI is InChI=1S/C13H25N3O/c1-4-5-12(6-7-17)8-14-10(2)13-9-15-16-11(13)3/h9-10,12,14,17H,4-8H2,1-3H3,(H,15,16). The Morgan fingerprint density at radius 1 is 1.47 bits per heavy atom. The molecule has 2 atom stereocenters. The highest BCUT2D eigenvalue weighted by molar-refractivity contribution is 5.18. The summed E-state index contributed by atoms with van der Waals surface area (Å²) in [6.07, 6.45) is 5.11. The molecule has 0 radical (unpaired) electrons. The lowest BCUT2D eigenvalue weighted by molar-refractivity contribution is 0.246. The van der Waals surface area contributed by atoms with Gasteiger partial charge in [0.05, 0.1) is 6.20 Å². The average Bonchev–Trinajstić information content (AvgIpc) is 2.72. The first-order valence-electron chi connectivity index (χ1n) is 6.53. The zero-order chi connectivity index (χ0) is 12.7. The maximum Gasteiger partial charge on any atom is 0.0537 e. The minimum absolute atomic E-state index is 0.283. The van der Waals surface area contributed by atoms with Crippen LogP contribution in [0.15, 0.2) is 6.20 Å². The van der Waals surface area contributed by atoms with E-state index in [0.717, 1.165) is 18.7 Å². The first kappa shape index (κ1) is 14.2. The molecule has 4 heteroatoms. The van der Waals surface area contributed by atoms with E-state index in [4.69, 9.17) is 5.11 Å². The van der Waals surface area contributed by atoms with E-state index in [2.05, 4.69) is 29.4 Å². The summed E-state index contributed by atoms with van der Waals surface area (Å²) in [5, 5.41) is 19.5. The number of nitrogens with one attached hydrogen (secondary N) is 2. The maximum atomic E-state index is 9.01. The first-order chi connectivity index (χ1) is 8.19. The normalized spacial score (nSPS) is 14.8. The van der Waals surface area contributed by atoms with Crippen molar-refractivity contribution >= 4 is 0 Å². The number of H-pyrrole nitrogens is 1. The van der Waals surface area contributed by atoms with Gasteiger partial charge < -0.3 is 10.4 Å². The molecule has 0 saturated heterocycles. The third-order valence-electron chi connectivity index (χ3n) is 3.28. The van der Waals surface area contributed by atoms with Gasteiger partial charge in [0.2, 0.25) is 0 Å². The Labute approximate surface area is 104 Å². The van der Waals surface area contributed by atoms with Gasteiger partial charge in [0, 0.05) is 23.9 Å². The second-order valence-electron chi connectivity index (χ2n) is 4.75. The van der Waals surface area contributed by atoms with Gasteiger partial charge in [0.1, 0.15) is 0 Å². The summed E-state index contributed by atoms with van der Waals surface area (Å²) in [7, 11) is 0. The van der Waals surface area contributed by atoms with Crippen LogP contribution in [0.5, 0.6) is 0 Å². The topological polar surface area (TPSA) is 60.9 Å². The summed E-state index contributed by atoms with van der Waals surface area (Å²) in [6.45, 7) is 7.62. The first-order valence-corrected chi connectivity index (χ1v) is 6.53. The van der Waals surface area contributed by atoms with Crippen molar-refractivity contribution in [2.45, 2.75) is 46.1 Å². The van der Waals surface area contributed by atoms with Crippen molar-refractivity contribution in [1.29, 1.82) is 0 Å². The van der Waals surface area contributed by atoms with E-state index in [1.165, 1.54) is 18.4 Å². The minimum Gasteiger partial charge on any atom is -0.396 e. The SMILES string of the molecule is CCCC(CCO)CNC(C)c1cn[nH]c1C. The van der Waals surface area contributed by atoms with E-state index < -0.39 is 0 Å². The van der Waals surface area contributed by atoms with Crippen LogP contribution in [0.4, 0.5) is 0 Å². The molecule has 1 heterocycles. The summed E-state index contributed by atoms with van der Waals surface area (Å²) >= 11 is 0. The van der Waals surface area contributed by atoms with E-state index in [9.17, 15) is 0 Å². The van der Waals surface area contributed by atoms with E-state index in [1.807, 2.05) is 13.1 Å². The van der Waals surface area contributed by atoms with Crippen LogP contribution in [0.3, 0.4) is 0 Å². The lowest BCUT2D eigenvalue weighted by Gasteiger charge is -2.19. The third-order valence-corrected chi connectivity index (χ3v) is 3.28. The van der Waals surface area contributed by atoms with Crippen molar-refractivity contribution < 1.29 is 5.11 Å². The third kappa shape index (κ3) is 4.48. The summed E-state index contributed by atoms with van der Waals surface area (Å²) < 4.78 is 0. The zero-order valence-corrected chi connectivity index (χ0v) is 11.2. The molecule has 0 fully saturated rings. The monoisotopic (exact) mass is 239 g/mol. The van der Waals surface area contributed by atoms with Gasteiger partial charge in [-0.2, -0.15) is 5.10 Å². The molecule has 2 unspecified atom stereocenters. The average molecular weight is 239 g/mol. The Balaban J connectivity index is 2.40. The largest absolute Gasteiger partial charge is 0.396 e. The predicted octanol–water partition coefficient (Wildman–Crippen LogP) is 2.17. The van der Waals surface area contributed by atoms with Gasteiger partial charge >= 0.3 is 0 Å². The number of aliphatic hydroxyl groups is 1. The van der Waals surface area contributed by atoms with Gasteiger partial charge in [-0.05, 0) is 39.2 Å². The maximum absolute atomic E-state index is 9.01. The van der Waals surface area contributed by atoms with Crippen molar-refractivity contribution in [3.8, 4) is 0 Å². The molecule has 0 aliphatic heterocycles. The summed E-state index contributed by atoms with van der Waals surface area (Å²) in [5.74, 6) is 0.569. The van der Waals surface area contributed by atoms with E-state index in [0.29, 0.717) is 12.0 Å². The highest BCUT2D eigenvalue weighted by Crippen LogP contribution is 2.16. The Kier molecular flexibility index (Phi) is 6.22. The van der Waals surface area contributed by atoms with Crippen LogP contribution in [-0.4, -0.2) is 28.5 Å².